The van der Waals surface area contributed by atoms with Gasteiger partial charge in [-0.15, -0.1) is 0 Å². The molecule has 106 valence electrons. The third-order valence-corrected chi connectivity index (χ3v) is 4.93. The van der Waals surface area contributed by atoms with E-state index in [0.29, 0.717) is 19.7 Å². The molecule has 19 heavy (non-hydrogen) atoms. The molecule has 0 aliphatic carbocycles. The Bertz CT molecular complexity index is 510. The van der Waals surface area contributed by atoms with Crippen molar-refractivity contribution in [2.45, 2.75) is 30.5 Å². The maximum atomic E-state index is 12.3. The van der Waals surface area contributed by atoms with Gasteiger partial charge in [0.2, 0.25) is 0 Å². The topological polar surface area (TPSA) is 85.5 Å². The molecular formula is C12H19N3O3S. The number of hydrogen-bond donors (Lipinski definition) is 1. The molecule has 0 radical (unpaired) electrons. The molecule has 0 aromatic carbocycles. The number of likely N-dealkylation sites (N-methyl/N-ethyl adjacent to an activating group) is 1. The van der Waals surface area contributed by atoms with Gasteiger partial charge >= 0.3 is 0 Å². The van der Waals surface area contributed by atoms with Crippen molar-refractivity contribution < 1.29 is 13.2 Å². The highest BCUT2D eigenvalue weighted by Gasteiger charge is 2.26. The summed E-state index contributed by atoms with van der Waals surface area (Å²) in [7, 11) is -2.00. The highest BCUT2D eigenvalue weighted by molar-refractivity contribution is 7.89. The summed E-state index contributed by atoms with van der Waals surface area (Å²) in [5.74, 6) is 0. The highest BCUT2D eigenvalue weighted by atomic mass is 32.2. The molecule has 0 saturated carbocycles. The molecule has 7 heteroatoms. The fourth-order valence-corrected chi connectivity index (χ4v) is 3.12. The molecule has 1 aromatic heterocycles. The van der Waals surface area contributed by atoms with E-state index in [2.05, 4.69) is 4.98 Å². The third-order valence-electron chi connectivity index (χ3n) is 3.19. The van der Waals surface area contributed by atoms with Crippen LogP contribution in [0.2, 0.25) is 0 Å². The van der Waals surface area contributed by atoms with Crippen LogP contribution in [0.15, 0.2) is 23.4 Å². The fraction of sp³-hybridized carbons (Fsp3) is 0.583. The Balaban J connectivity index is 2.10. The van der Waals surface area contributed by atoms with Crippen LogP contribution in [-0.2, 0) is 21.3 Å². The van der Waals surface area contributed by atoms with Gasteiger partial charge in [-0.3, -0.25) is 0 Å². The minimum absolute atomic E-state index is 0.0110. The fourth-order valence-electron chi connectivity index (χ4n) is 2.02. The molecule has 0 amide bonds. The van der Waals surface area contributed by atoms with Crippen molar-refractivity contribution in [2.24, 2.45) is 5.73 Å². The lowest BCUT2D eigenvalue weighted by Crippen LogP contribution is -2.34. The summed E-state index contributed by atoms with van der Waals surface area (Å²) in [6.07, 6.45) is 3.37. The van der Waals surface area contributed by atoms with Crippen LogP contribution in [0.1, 0.15) is 18.4 Å². The number of nitrogens with zero attached hydrogens (tertiary/aromatic N) is 2. The van der Waals surface area contributed by atoms with E-state index >= 15 is 0 Å². The van der Waals surface area contributed by atoms with Crippen LogP contribution in [0.3, 0.4) is 0 Å². The first kappa shape index (κ1) is 14.4. The van der Waals surface area contributed by atoms with E-state index in [-0.39, 0.29) is 11.1 Å². The van der Waals surface area contributed by atoms with Crippen LogP contribution in [0, 0.1) is 0 Å². The largest absolute Gasteiger partial charge is 0.377 e. The molecule has 2 rings (SSSR count). The van der Waals surface area contributed by atoms with Crippen molar-refractivity contribution in [1.29, 1.82) is 0 Å². The molecule has 2 N–H and O–H groups in total. The van der Waals surface area contributed by atoms with E-state index in [9.17, 15) is 8.42 Å². The predicted octanol–water partition coefficient (Wildman–Crippen LogP) is 0.340. The maximum Gasteiger partial charge on any atom is 0.260 e. The number of rotatable bonds is 5. The van der Waals surface area contributed by atoms with Gasteiger partial charge in [-0.05, 0) is 24.5 Å². The Morgan fingerprint density at radius 1 is 1.53 bits per heavy atom. The van der Waals surface area contributed by atoms with Gasteiger partial charge in [-0.25, -0.2) is 13.4 Å². The minimum atomic E-state index is -3.55. The van der Waals surface area contributed by atoms with E-state index in [1.54, 1.807) is 13.1 Å². The van der Waals surface area contributed by atoms with Crippen LogP contribution in [0.4, 0.5) is 0 Å². The van der Waals surface area contributed by atoms with E-state index in [0.717, 1.165) is 18.4 Å². The summed E-state index contributed by atoms with van der Waals surface area (Å²) in [5, 5.41) is 0.0465. The first-order valence-electron chi connectivity index (χ1n) is 6.27. The van der Waals surface area contributed by atoms with Gasteiger partial charge < -0.3 is 10.5 Å². The first-order valence-corrected chi connectivity index (χ1v) is 7.71. The molecule has 1 saturated heterocycles. The number of aromatic nitrogens is 1. The summed E-state index contributed by atoms with van der Waals surface area (Å²) in [6, 6.07) is 3.17. The van der Waals surface area contributed by atoms with Gasteiger partial charge in [0, 0.05) is 32.9 Å². The predicted molar refractivity (Wildman–Crippen MR) is 70.9 cm³/mol. The zero-order chi connectivity index (χ0) is 13.9. The lowest BCUT2D eigenvalue weighted by Gasteiger charge is -2.20. The van der Waals surface area contributed by atoms with Crippen molar-refractivity contribution in [3.8, 4) is 0 Å². The smallest absolute Gasteiger partial charge is 0.260 e. The number of pyridine rings is 1. The first-order chi connectivity index (χ1) is 9.04. The van der Waals surface area contributed by atoms with Gasteiger partial charge in [0.05, 0.1) is 6.10 Å². The number of nitrogens with two attached hydrogens (primary N) is 1. The van der Waals surface area contributed by atoms with Crippen LogP contribution in [-0.4, -0.2) is 44.0 Å². The normalized spacial score (nSPS) is 20.1. The summed E-state index contributed by atoms with van der Waals surface area (Å²) < 4.78 is 31.3. The van der Waals surface area contributed by atoms with Gasteiger partial charge in [0.1, 0.15) is 0 Å². The highest BCUT2D eigenvalue weighted by Crippen LogP contribution is 2.17. The number of ether oxygens (including phenoxy) is 1. The van der Waals surface area contributed by atoms with Crippen LogP contribution >= 0.6 is 0 Å². The molecule has 0 spiro atoms. The van der Waals surface area contributed by atoms with Crippen molar-refractivity contribution in [1.82, 2.24) is 9.29 Å². The molecular weight excluding hydrogens is 266 g/mol. The van der Waals surface area contributed by atoms with Crippen molar-refractivity contribution >= 4 is 10.0 Å². The van der Waals surface area contributed by atoms with Gasteiger partial charge in [-0.1, -0.05) is 6.07 Å². The zero-order valence-electron chi connectivity index (χ0n) is 10.9. The molecule has 1 aliphatic heterocycles. The third kappa shape index (κ3) is 3.30. The molecule has 1 unspecified atom stereocenters. The molecule has 1 atom stereocenters. The average Bonchev–Trinajstić information content (AvgIpc) is 2.91. The molecule has 0 bridgehead atoms. The Morgan fingerprint density at radius 3 is 2.84 bits per heavy atom. The van der Waals surface area contributed by atoms with Crippen LogP contribution in [0.25, 0.3) is 0 Å². The van der Waals surface area contributed by atoms with Gasteiger partial charge in [-0.2, -0.15) is 4.31 Å². The Kier molecular flexibility index (Phi) is 4.51. The SMILES string of the molecule is CN(CC1CCCO1)S(=O)(=O)c1ccc(CN)cn1. The lowest BCUT2D eigenvalue weighted by molar-refractivity contribution is 0.0978. The lowest BCUT2D eigenvalue weighted by atomic mass is 10.2. The van der Waals surface area contributed by atoms with Crippen molar-refractivity contribution in [2.75, 3.05) is 20.2 Å². The Labute approximate surface area is 113 Å². The monoisotopic (exact) mass is 285 g/mol. The zero-order valence-corrected chi connectivity index (χ0v) is 11.8. The second kappa shape index (κ2) is 5.96. The summed E-state index contributed by atoms with van der Waals surface area (Å²) in [5.41, 5.74) is 6.27. The summed E-state index contributed by atoms with van der Waals surface area (Å²) in [4.78, 5) is 3.97. The second-order valence-corrected chi connectivity index (χ2v) is 6.62. The number of hydrogen-bond acceptors (Lipinski definition) is 5. The Morgan fingerprint density at radius 2 is 2.32 bits per heavy atom. The molecule has 1 fully saturated rings. The summed E-state index contributed by atoms with van der Waals surface area (Å²) >= 11 is 0. The Hall–Kier alpha value is -1.02. The standard InChI is InChI=1S/C12H19N3O3S/c1-15(9-11-3-2-6-18-11)19(16,17)12-5-4-10(7-13)8-14-12/h4-5,8,11H,2-3,6-7,9,13H2,1H3. The quantitative estimate of drug-likeness (QED) is 0.843. The van der Waals surface area contributed by atoms with Crippen molar-refractivity contribution in [3.63, 3.8) is 0 Å². The average molecular weight is 285 g/mol. The maximum absolute atomic E-state index is 12.3. The molecule has 1 aromatic rings. The second-order valence-electron chi connectivity index (χ2n) is 4.63. The molecule has 6 nitrogen and oxygen atoms in total. The van der Waals surface area contributed by atoms with E-state index in [1.165, 1.54) is 16.6 Å². The molecule has 2 heterocycles. The molecule has 1 aliphatic rings. The van der Waals surface area contributed by atoms with Crippen LogP contribution in [0.5, 0.6) is 0 Å². The minimum Gasteiger partial charge on any atom is -0.377 e. The van der Waals surface area contributed by atoms with Gasteiger partial charge in [0.15, 0.2) is 5.03 Å². The van der Waals surface area contributed by atoms with E-state index in [4.69, 9.17) is 10.5 Å². The van der Waals surface area contributed by atoms with Crippen molar-refractivity contribution in [3.05, 3.63) is 23.9 Å². The number of sulfonamides is 1. The summed E-state index contributed by atoms with van der Waals surface area (Å²) in [6.45, 7) is 1.42. The van der Waals surface area contributed by atoms with Gasteiger partial charge in [0.25, 0.3) is 10.0 Å². The van der Waals surface area contributed by atoms with E-state index in [1.807, 2.05) is 0 Å². The van der Waals surface area contributed by atoms with E-state index < -0.39 is 10.0 Å². The van der Waals surface area contributed by atoms with Crippen LogP contribution < -0.4 is 5.73 Å².